The summed E-state index contributed by atoms with van der Waals surface area (Å²) in [5.74, 6) is 0.289. The number of hydrogen-bond donors (Lipinski definition) is 0. The zero-order valence-corrected chi connectivity index (χ0v) is 19.9. The number of alkyl halides is 3. The van der Waals surface area contributed by atoms with Gasteiger partial charge in [-0.05, 0) is 46.8 Å². The highest BCUT2D eigenvalue weighted by molar-refractivity contribution is 6.63. The van der Waals surface area contributed by atoms with Crippen LogP contribution in [0.25, 0.3) is 0 Å². The highest BCUT2D eigenvalue weighted by Crippen LogP contribution is 2.39. The van der Waals surface area contributed by atoms with Crippen molar-refractivity contribution in [2.75, 3.05) is 26.2 Å². The van der Waals surface area contributed by atoms with Crippen molar-refractivity contribution in [2.45, 2.75) is 45.1 Å². The number of hydrogen-bond acceptors (Lipinski definition) is 4. The number of ether oxygens (including phenoxy) is 2. The lowest BCUT2D eigenvalue weighted by atomic mass is 9.97. The van der Waals surface area contributed by atoms with Gasteiger partial charge in [0.05, 0.1) is 18.3 Å². The van der Waals surface area contributed by atoms with Gasteiger partial charge in [-0.2, -0.15) is 13.2 Å². The van der Waals surface area contributed by atoms with Crippen molar-refractivity contribution in [3.63, 3.8) is 0 Å². The first-order valence-corrected chi connectivity index (χ1v) is 11.5. The molecule has 33 heavy (non-hydrogen) atoms. The molecule has 0 amide bonds. The molecule has 9 heteroatoms. The van der Waals surface area contributed by atoms with Crippen LogP contribution in [0, 0.1) is 0 Å². The monoisotopic (exact) mass is 503 g/mol. The molecule has 0 N–H and O–H groups in total. The average molecular weight is 504 g/mol. The number of benzene rings is 2. The molecule has 1 fully saturated rings. The Bertz CT molecular complexity index is 982. The zero-order valence-electron chi connectivity index (χ0n) is 18.4. The van der Waals surface area contributed by atoms with Gasteiger partial charge in [0.1, 0.15) is 12.4 Å². The molecule has 0 aromatic heterocycles. The summed E-state index contributed by atoms with van der Waals surface area (Å²) in [6.07, 6.45) is -5.22. The summed E-state index contributed by atoms with van der Waals surface area (Å²) in [5.41, 5.74) is 0.981. The van der Waals surface area contributed by atoms with Gasteiger partial charge in [0.2, 0.25) is 5.24 Å². The Morgan fingerprint density at radius 2 is 2.03 bits per heavy atom. The van der Waals surface area contributed by atoms with Crippen molar-refractivity contribution in [1.82, 2.24) is 4.90 Å². The van der Waals surface area contributed by atoms with Gasteiger partial charge in [-0.15, -0.1) is 0 Å². The fourth-order valence-corrected chi connectivity index (χ4v) is 4.24. The third kappa shape index (κ3) is 6.85. The molecule has 1 saturated heterocycles. The van der Waals surface area contributed by atoms with Gasteiger partial charge in [-0.25, -0.2) is 0 Å². The molecular weight excluding hydrogens is 478 g/mol. The van der Waals surface area contributed by atoms with Crippen LogP contribution in [0.15, 0.2) is 36.4 Å². The largest absolute Gasteiger partial charge is 0.489 e. The smallest absolute Gasteiger partial charge is 0.416 e. The first-order valence-electron chi connectivity index (χ1n) is 10.7. The fraction of sp³-hybridized carbons (Fsp3) is 0.458. The number of halogens is 5. The summed E-state index contributed by atoms with van der Waals surface area (Å²) in [4.78, 5) is 12.9. The minimum Gasteiger partial charge on any atom is -0.489 e. The second-order valence-electron chi connectivity index (χ2n) is 8.26. The van der Waals surface area contributed by atoms with Crippen molar-refractivity contribution in [3.8, 4) is 5.75 Å². The van der Waals surface area contributed by atoms with Crippen LogP contribution in [0.1, 0.15) is 54.5 Å². The van der Waals surface area contributed by atoms with Crippen LogP contribution in [-0.2, 0) is 22.3 Å². The molecule has 0 spiro atoms. The maximum atomic E-state index is 13.9. The van der Waals surface area contributed by atoms with E-state index in [4.69, 9.17) is 32.7 Å². The van der Waals surface area contributed by atoms with Gasteiger partial charge < -0.3 is 9.47 Å². The van der Waals surface area contributed by atoms with E-state index in [0.717, 1.165) is 17.2 Å². The molecule has 1 unspecified atom stereocenters. The number of carbonyl (C=O) groups is 1. The highest BCUT2D eigenvalue weighted by atomic mass is 35.5. The first-order chi connectivity index (χ1) is 15.6. The quantitative estimate of drug-likeness (QED) is 0.381. The Morgan fingerprint density at radius 3 is 2.70 bits per heavy atom. The van der Waals surface area contributed by atoms with E-state index < -0.39 is 23.1 Å². The third-order valence-corrected chi connectivity index (χ3v) is 6.16. The Hall–Kier alpha value is -1.80. The summed E-state index contributed by atoms with van der Waals surface area (Å²) in [6, 6.07) is 9.43. The SMILES string of the molecule is CC(C)c1cccc(Cl)c1COc1ccc(C2CN(CCC(=O)Cl)CCO2)c(C(F)(F)F)c1. The van der Waals surface area contributed by atoms with E-state index in [0.29, 0.717) is 18.1 Å². The summed E-state index contributed by atoms with van der Waals surface area (Å²) < 4.78 is 53.2. The lowest BCUT2D eigenvalue weighted by molar-refractivity contribution is -0.140. The fourth-order valence-electron chi connectivity index (χ4n) is 3.92. The molecule has 2 aromatic rings. The molecule has 180 valence electrons. The molecule has 1 atom stereocenters. The van der Waals surface area contributed by atoms with E-state index in [1.165, 1.54) is 12.1 Å². The number of carbonyl (C=O) groups excluding carboxylic acids is 1. The predicted octanol–water partition coefficient (Wildman–Crippen LogP) is 6.59. The van der Waals surface area contributed by atoms with Crippen LogP contribution in [0.5, 0.6) is 5.75 Å². The molecule has 0 bridgehead atoms. The van der Waals surface area contributed by atoms with Crippen LogP contribution in [0.4, 0.5) is 13.2 Å². The van der Waals surface area contributed by atoms with Crippen LogP contribution in [-0.4, -0.2) is 36.4 Å². The zero-order chi connectivity index (χ0) is 24.2. The van der Waals surface area contributed by atoms with Crippen LogP contribution in [0.2, 0.25) is 5.02 Å². The Morgan fingerprint density at radius 1 is 1.27 bits per heavy atom. The maximum Gasteiger partial charge on any atom is 0.416 e. The molecule has 3 rings (SSSR count). The third-order valence-electron chi connectivity index (χ3n) is 5.61. The van der Waals surface area contributed by atoms with E-state index in [-0.39, 0.29) is 43.4 Å². The number of morpholine rings is 1. The normalized spacial score (nSPS) is 17.4. The summed E-state index contributed by atoms with van der Waals surface area (Å²) in [6.45, 7) is 5.50. The lowest BCUT2D eigenvalue weighted by Crippen LogP contribution is -2.39. The molecule has 4 nitrogen and oxygen atoms in total. The molecule has 1 aliphatic heterocycles. The minimum absolute atomic E-state index is 0.0392. The van der Waals surface area contributed by atoms with E-state index in [2.05, 4.69) is 0 Å². The Labute approximate surface area is 201 Å². The van der Waals surface area contributed by atoms with Crippen molar-refractivity contribution < 1.29 is 27.4 Å². The van der Waals surface area contributed by atoms with Crippen LogP contribution < -0.4 is 4.74 Å². The van der Waals surface area contributed by atoms with Gasteiger partial charge in [0.25, 0.3) is 0 Å². The Balaban J connectivity index is 1.81. The molecule has 0 radical (unpaired) electrons. The lowest BCUT2D eigenvalue weighted by Gasteiger charge is -2.34. The Kier molecular flexibility index (Phi) is 8.67. The summed E-state index contributed by atoms with van der Waals surface area (Å²) >= 11 is 11.7. The molecule has 0 saturated carbocycles. The molecule has 0 aliphatic carbocycles. The van der Waals surface area contributed by atoms with Crippen molar-refractivity contribution in [2.24, 2.45) is 0 Å². The van der Waals surface area contributed by atoms with Crippen molar-refractivity contribution in [1.29, 1.82) is 0 Å². The standard InChI is InChI=1S/C24H26Cl2F3NO3/c1-15(2)17-4-3-5-21(25)19(17)14-33-16-6-7-18(20(12-16)24(27,28)29)22-13-30(10-11-32-22)9-8-23(26)31/h3-7,12,15,22H,8-11,13-14H2,1-2H3. The second-order valence-corrected chi connectivity index (χ2v) is 9.09. The summed E-state index contributed by atoms with van der Waals surface area (Å²) in [5, 5.41) is 0.0367. The molecular formula is C24H26Cl2F3NO3. The van der Waals surface area contributed by atoms with Crippen LogP contribution in [0.3, 0.4) is 0 Å². The van der Waals surface area contributed by atoms with Gasteiger partial charge in [0.15, 0.2) is 0 Å². The second kappa shape index (κ2) is 11.1. The number of nitrogens with zero attached hydrogens (tertiary/aromatic N) is 1. The average Bonchev–Trinajstić information content (AvgIpc) is 2.76. The van der Waals surface area contributed by atoms with Crippen LogP contribution >= 0.6 is 23.2 Å². The number of rotatable bonds is 8. The van der Waals surface area contributed by atoms with E-state index in [1.54, 1.807) is 6.07 Å². The topological polar surface area (TPSA) is 38.8 Å². The van der Waals surface area contributed by atoms with E-state index >= 15 is 0 Å². The summed E-state index contributed by atoms with van der Waals surface area (Å²) in [7, 11) is 0. The van der Waals surface area contributed by atoms with E-state index in [9.17, 15) is 18.0 Å². The van der Waals surface area contributed by atoms with Gasteiger partial charge in [-0.1, -0.05) is 43.6 Å². The first kappa shape index (κ1) is 25.8. The highest BCUT2D eigenvalue weighted by Gasteiger charge is 2.37. The van der Waals surface area contributed by atoms with Gasteiger partial charge in [-0.3, -0.25) is 9.69 Å². The van der Waals surface area contributed by atoms with Gasteiger partial charge in [0, 0.05) is 36.6 Å². The maximum absolute atomic E-state index is 13.9. The van der Waals surface area contributed by atoms with Crippen molar-refractivity contribution in [3.05, 3.63) is 63.7 Å². The van der Waals surface area contributed by atoms with Crippen molar-refractivity contribution >= 4 is 28.4 Å². The molecule has 2 aromatic carbocycles. The van der Waals surface area contributed by atoms with Gasteiger partial charge >= 0.3 is 6.18 Å². The van der Waals surface area contributed by atoms with E-state index in [1.807, 2.05) is 30.9 Å². The predicted molar refractivity (Wildman–Crippen MR) is 122 cm³/mol. The minimum atomic E-state index is -4.58. The molecule has 1 aliphatic rings. The molecule has 1 heterocycles.